The van der Waals surface area contributed by atoms with E-state index in [9.17, 15) is 9.90 Å². The van der Waals surface area contributed by atoms with Crippen LogP contribution in [0, 0.1) is 6.92 Å². The Balaban J connectivity index is 1.45. The number of carbonyl (C=O) groups is 1. The summed E-state index contributed by atoms with van der Waals surface area (Å²) in [6.45, 7) is 3.35. The van der Waals surface area contributed by atoms with Gasteiger partial charge in [0.2, 0.25) is 0 Å². The second kappa shape index (κ2) is 8.12. The molecule has 3 aromatic heterocycles. The van der Waals surface area contributed by atoms with E-state index in [1.807, 2.05) is 44.4 Å². The molecule has 5 rings (SSSR count). The first-order valence-electron chi connectivity index (χ1n) is 10.7. The number of anilines is 2. The predicted octanol–water partition coefficient (Wildman–Crippen LogP) is 3.75. The topological polar surface area (TPSA) is 96.4 Å². The molecular formula is C24H25N5O3. The molecule has 8 heteroatoms. The van der Waals surface area contributed by atoms with Gasteiger partial charge in [-0.3, -0.25) is 14.5 Å². The minimum atomic E-state index is -0.316. The van der Waals surface area contributed by atoms with E-state index in [-0.39, 0.29) is 17.8 Å². The summed E-state index contributed by atoms with van der Waals surface area (Å²) in [5.41, 5.74) is 4.21. The van der Waals surface area contributed by atoms with Crippen molar-refractivity contribution in [3.8, 4) is 11.3 Å². The van der Waals surface area contributed by atoms with E-state index in [0.29, 0.717) is 37.4 Å². The van der Waals surface area contributed by atoms with E-state index < -0.39 is 0 Å². The molecule has 0 saturated carbocycles. The number of hydrogen-bond donors (Lipinski definition) is 2. The number of nitrogens with one attached hydrogen (secondary N) is 1. The molecule has 0 unspecified atom stereocenters. The van der Waals surface area contributed by atoms with E-state index >= 15 is 0 Å². The summed E-state index contributed by atoms with van der Waals surface area (Å²) in [4.78, 5) is 19.4. The minimum absolute atomic E-state index is 0.237. The summed E-state index contributed by atoms with van der Waals surface area (Å²) in [6, 6.07) is 11.2. The van der Waals surface area contributed by atoms with Crippen LogP contribution >= 0.6 is 0 Å². The molecule has 0 radical (unpaired) electrons. The molecule has 1 amide bonds. The Labute approximate surface area is 185 Å². The Morgan fingerprint density at radius 3 is 2.78 bits per heavy atom. The van der Waals surface area contributed by atoms with Crippen LogP contribution in [0.5, 0.6) is 0 Å². The van der Waals surface area contributed by atoms with Crippen molar-refractivity contribution < 1.29 is 14.3 Å². The van der Waals surface area contributed by atoms with Crippen LogP contribution in [0.4, 0.5) is 11.4 Å². The summed E-state index contributed by atoms with van der Waals surface area (Å²) < 4.78 is 7.61. The SMILES string of the molecule is Cc1cc(-c2ccc(C(=O)Nc3cc4cn(C)nc4cc3N3CCC(O)CC3)o2)ccn1. The van der Waals surface area contributed by atoms with Crippen molar-refractivity contribution in [2.45, 2.75) is 25.9 Å². The van der Waals surface area contributed by atoms with Crippen LogP contribution in [0.25, 0.3) is 22.2 Å². The van der Waals surface area contributed by atoms with Gasteiger partial charge in [-0.2, -0.15) is 5.10 Å². The van der Waals surface area contributed by atoms with Crippen molar-refractivity contribution in [3.05, 3.63) is 60.2 Å². The number of aryl methyl sites for hydroxylation is 2. The molecular weight excluding hydrogens is 406 g/mol. The highest BCUT2D eigenvalue weighted by atomic mass is 16.3. The van der Waals surface area contributed by atoms with Crippen molar-refractivity contribution in [1.29, 1.82) is 0 Å². The zero-order chi connectivity index (χ0) is 22.2. The van der Waals surface area contributed by atoms with Crippen molar-refractivity contribution in [3.63, 3.8) is 0 Å². The van der Waals surface area contributed by atoms with Crippen molar-refractivity contribution >= 4 is 28.2 Å². The normalized spacial score (nSPS) is 14.8. The van der Waals surface area contributed by atoms with Crippen LogP contribution in [-0.2, 0) is 7.05 Å². The quantitative estimate of drug-likeness (QED) is 0.511. The lowest BCUT2D eigenvalue weighted by molar-refractivity contribution is 0.0997. The molecule has 4 aromatic rings. The number of aliphatic hydroxyl groups excluding tert-OH is 1. The lowest BCUT2D eigenvalue weighted by Crippen LogP contribution is -2.36. The Kier molecular flexibility index (Phi) is 5.14. The molecule has 1 aromatic carbocycles. The van der Waals surface area contributed by atoms with Gasteiger partial charge in [0, 0.05) is 49.2 Å². The van der Waals surface area contributed by atoms with Gasteiger partial charge in [-0.15, -0.1) is 0 Å². The Morgan fingerprint density at radius 1 is 1.19 bits per heavy atom. The maximum atomic E-state index is 13.1. The molecule has 1 fully saturated rings. The average molecular weight is 431 g/mol. The lowest BCUT2D eigenvalue weighted by atomic mass is 10.1. The molecule has 0 spiro atoms. The molecule has 8 nitrogen and oxygen atoms in total. The first-order valence-corrected chi connectivity index (χ1v) is 10.7. The summed E-state index contributed by atoms with van der Waals surface area (Å²) >= 11 is 0. The number of rotatable bonds is 4. The number of furan rings is 1. The van der Waals surface area contributed by atoms with Gasteiger partial charge in [-0.25, -0.2) is 0 Å². The Hall–Kier alpha value is -3.65. The average Bonchev–Trinajstić information content (AvgIpc) is 3.40. The van der Waals surface area contributed by atoms with Crippen LogP contribution in [0.2, 0.25) is 0 Å². The Morgan fingerprint density at radius 2 is 2.00 bits per heavy atom. The number of fused-ring (bicyclic) bond motifs is 1. The second-order valence-corrected chi connectivity index (χ2v) is 8.25. The molecule has 32 heavy (non-hydrogen) atoms. The third-order valence-electron chi connectivity index (χ3n) is 5.80. The van der Waals surface area contributed by atoms with Gasteiger partial charge in [0.05, 0.1) is 23.0 Å². The highest BCUT2D eigenvalue weighted by Gasteiger charge is 2.22. The number of carbonyl (C=O) groups excluding carboxylic acids is 1. The van der Waals surface area contributed by atoms with E-state index in [2.05, 4.69) is 20.3 Å². The third kappa shape index (κ3) is 3.97. The van der Waals surface area contributed by atoms with E-state index in [1.165, 1.54) is 0 Å². The number of aromatic nitrogens is 3. The van der Waals surface area contributed by atoms with Crippen molar-refractivity contribution in [1.82, 2.24) is 14.8 Å². The smallest absolute Gasteiger partial charge is 0.291 e. The van der Waals surface area contributed by atoms with E-state index in [1.54, 1.807) is 23.0 Å². The molecule has 0 atom stereocenters. The zero-order valence-electron chi connectivity index (χ0n) is 18.1. The highest BCUT2D eigenvalue weighted by molar-refractivity contribution is 6.06. The van der Waals surface area contributed by atoms with Crippen LogP contribution in [0.15, 0.2) is 53.2 Å². The summed E-state index contributed by atoms with van der Waals surface area (Å²) in [7, 11) is 1.88. The first-order chi connectivity index (χ1) is 15.5. The van der Waals surface area contributed by atoms with Gasteiger partial charge in [0.1, 0.15) is 5.76 Å². The van der Waals surface area contributed by atoms with Gasteiger partial charge >= 0.3 is 0 Å². The zero-order valence-corrected chi connectivity index (χ0v) is 18.1. The highest BCUT2D eigenvalue weighted by Crippen LogP contribution is 2.33. The fourth-order valence-corrected chi connectivity index (χ4v) is 4.15. The molecule has 2 N–H and O–H groups in total. The van der Waals surface area contributed by atoms with Gasteiger partial charge in [-0.05, 0) is 56.2 Å². The van der Waals surface area contributed by atoms with Gasteiger partial charge in [0.25, 0.3) is 5.91 Å². The number of aliphatic hydroxyl groups is 1. The Bertz CT molecular complexity index is 1280. The first kappa shape index (κ1) is 20.3. The number of piperidine rings is 1. The molecule has 1 saturated heterocycles. The van der Waals surface area contributed by atoms with E-state index in [4.69, 9.17) is 4.42 Å². The van der Waals surface area contributed by atoms with Crippen molar-refractivity contribution in [2.24, 2.45) is 7.05 Å². The predicted molar refractivity (Wildman–Crippen MR) is 123 cm³/mol. The number of nitrogens with zero attached hydrogens (tertiary/aromatic N) is 4. The monoisotopic (exact) mass is 431 g/mol. The fraction of sp³-hybridized carbons (Fsp3) is 0.292. The standard InChI is InChI=1S/C24H25N5O3/c1-15-11-16(5-8-25-15)22-3-4-23(32-22)24(31)26-20-12-17-14-28(2)27-19(17)13-21(20)29-9-6-18(30)7-10-29/h3-5,8,11-14,18,30H,6-7,9-10H2,1-2H3,(H,26,31). The molecule has 1 aliphatic rings. The van der Waals surface area contributed by atoms with Crippen LogP contribution in [0.3, 0.4) is 0 Å². The third-order valence-corrected chi connectivity index (χ3v) is 5.80. The van der Waals surface area contributed by atoms with Crippen LogP contribution in [-0.4, -0.2) is 45.0 Å². The van der Waals surface area contributed by atoms with Crippen LogP contribution < -0.4 is 10.2 Å². The summed E-state index contributed by atoms with van der Waals surface area (Å²) in [5, 5.41) is 18.4. The maximum absolute atomic E-state index is 13.1. The van der Waals surface area contributed by atoms with Gasteiger partial charge in [0.15, 0.2) is 5.76 Å². The van der Waals surface area contributed by atoms with Crippen LogP contribution in [0.1, 0.15) is 29.1 Å². The van der Waals surface area contributed by atoms with Gasteiger partial charge < -0.3 is 19.7 Å². The molecule has 0 aliphatic carbocycles. The minimum Gasteiger partial charge on any atom is -0.451 e. The number of hydrogen-bond acceptors (Lipinski definition) is 6. The molecule has 4 heterocycles. The summed E-state index contributed by atoms with van der Waals surface area (Å²) in [6.07, 6.45) is 4.76. The number of benzene rings is 1. The lowest BCUT2D eigenvalue weighted by Gasteiger charge is -2.32. The number of pyridine rings is 1. The molecule has 164 valence electrons. The van der Waals surface area contributed by atoms with E-state index in [0.717, 1.165) is 27.8 Å². The maximum Gasteiger partial charge on any atom is 0.291 e. The van der Waals surface area contributed by atoms with Gasteiger partial charge in [-0.1, -0.05) is 0 Å². The largest absolute Gasteiger partial charge is 0.451 e. The summed E-state index contributed by atoms with van der Waals surface area (Å²) in [5.74, 6) is 0.540. The molecule has 0 bridgehead atoms. The second-order valence-electron chi connectivity index (χ2n) is 8.25. The van der Waals surface area contributed by atoms with Crippen molar-refractivity contribution in [2.75, 3.05) is 23.3 Å². The molecule has 1 aliphatic heterocycles. The number of amides is 1. The fourth-order valence-electron chi connectivity index (χ4n) is 4.15.